The normalized spacial score (nSPS) is 11.6. The van der Waals surface area contributed by atoms with Crippen molar-refractivity contribution in [3.63, 3.8) is 0 Å². The Bertz CT molecular complexity index is 413. The van der Waals surface area contributed by atoms with Crippen molar-refractivity contribution in [2.45, 2.75) is 12.6 Å². The fourth-order valence-corrected chi connectivity index (χ4v) is 2.53. The number of benzene rings is 1. The summed E-state index contributed by atoms with van der Waals surface area (Å²) in [4.78, 5) is 22.4. The zero-order valence-corrected chi connectivity index (χ0v) is 12.0. The molecule has 5 nitrogen and oxygen atoms in total. The molecule has 7 heteroatoms. The Balaban J connectivity index is 2.38. The number of carbonyl (C=O) groups excluding carboxylic acids is 1. The maximum atomic E-state index is 11.5. The number of aliphatic carboxylic acids is 1. The Labute approximate surface area is 119 Å². The molecule has 1 aromatic carbocycles. The number of carboxylic acids is 1. The molecule has 1 amide bonds. The lowest BCUT2D eigenvalue weighted by Crippen LogP contribution is -2.42. The molecule has 19 heavy (non-hydrogen) atoms. The number of hydrogen-bond acceptors (Lipinski definition) is 5. The van der Waals surface area contributed by atoms with Crippen LogP contribution in [0.2, 0.25) is 0 Å². The zero-order valence-electron chi connectivity index (χ0n) is 10.4. The number of carbonyl (C=O) groups is 2. The number of ether oxygens (including phenoxy) is 1. The summed E-state index contributed by atoms with van der Waals surface area (Å²) in [6, 6.07) is 8.25. The van der Waals surface area contributed by atoms with Gasteiger partial charge in [-0.2, -0.15) is 0 Å². The maximum Gasteiger partial charge on any atom is 0.408 e. The lowest BCUT2D eigenvalue weighted by Gasteiger charge is -2.13. The van der Waals surface area contributed by atoms with Gasteiger partial charge in [-0.25, -0.2) is 9.59 Å². The van der Waals surface area contributed by atoms with Crippen LogP contribution in [0.1, 0.15) is 5.56 Å². The van der Waals surface area contributed by atoms with Crippen molar-refractivity contribution in [2.24, 2.45) is 0 Å². The van der Waals surface area contributed by atoms with E-state index < -0.39 is 18.1 Å². The van der Waals surface area contributed by atoms with Gasteiger partial charge in [0.05, 0.1) is 0 Å². The van der Waals surface area contributed by atoms with E-state index in [4.69, 9.17) is 9.84 Å². The molecule has 0 heterocycles. The van der Waals surface area contributed by atoms with E-state index in [9.17, 15) is 9.59 Å². The average molecular weight is 301 g/mol. The molecule has 0 radical (unpaired) electrons. The molecule has 0 spiro atoms. The highest BCUT2D eigenvalue weighted by Gasteiger charge is 2.20. The summed E-state index contributed by atoms with van der Waals surface area (Å²) in [5.74, 6) is -0.782. The summed E-state index contributed by atoms with van der Waals surface area (Å²) in [5.41, 5.74) is 0.850. The van der Waals surface area contributed by atoms with Crippen molar-refractivity contribution >= 4 is 33.7 Å². The molecular weight excluding hydrogens is 286 g/mol. The first-order valence-corrected chi connectivity index (χ1v) is 8.22. The van der Waals surface area contributed by atoms with Crippen molar-refractivity contribution < 1.29 is 19.4 Å². The molecule has 2 N–H and O–H groups in total. The fourth-order valence-electron chi connectivity index (χ4n) is 1.22. The van der Waals surface area contributed by atoms with Crippen molar-refractivity contribution in [1.82, 2.24) is 5.32 Å². The third-order valence-corrected chi connectivity index (χ3v) is 3.98. The third-order valence-electron chi connectivity index (χ3n) is 2.16. The minimum absolute atomic E-state index is 0.120. The molecule has 0 aliphatic heterocycles. The highest BCUT2D eigenvalue weighted by Crippen LogP contribution is 2.17. The first kappa shape index (κ1) is 15.7. The Kier molecular flexibility index (Phi) is 7.20. The van der Waals surface area contributed by atoms with Crippen LogP contribution in [0, 0.1) is 0 Å². The number of amides is 1. The van der Waals surface area contributed by atoms with Gasteiger partial charge in [0.15, 0.2) is 0 Å². The summed E-state index contributed by atoms with van der Waals surface area (Å²) < 4.78 is 4.96. The van der Waals surface area contributed by atoms with Crippen LogP contribution in [-0.4, -0.2) is 35.2 Å². The van der Waals surface area contributed by atoms with Crippen LogP contribution in [-0.2, 0) is 16.1 Å². The molecule has 104 valence electrons. The molecule has 0 aliphatic carbocycles. The van der Waals surface area contributed by atoms with Crippen LogP contribution in [0.15, 0.2) is 30.3 Å². The van der Waals surface area contributed by atoms with Crippen LogP contribution in [0.5, 0.6) is 0 Å². The molecule has 0 saturated carbocycles. The second kappa shape index (κ2) is 8.71. The highest BCUT2D eigenvalue weighted by molar-refractivity contribution is 8.76. The lowest BCUT2D eigenvalue weighted by molar-refractivity contribution is -0.138. The van der Waals surface area contributed by atoms with E-state index >= 15 is 0 Å². The van der Waals surface area contributed by atoms with Gasteiger partial charge in [0.1, 0.15) is 12.6 Å². The molecule has 0 aliphatic rings. The number of rotatable bonds is 7. The summed E-state index contributed by atoms with van der Waals surface area (Å²) in [6.45, 7) is 0.120. The summed E-state index contributed by atoms with van der Waals surface area (Å²) in [6.07, 6.45) is 1.12. The summed E-state index contributed by atoms with van der Waals surface area (Å²) in [7, 11) is 2.81. The first-order valence-electron chi connectivity index (χ1n) is 5.49. The van der Waals surface area contributed by atoms with Crippen LogP contribution in [0.25, 0.3) is 0 Å². The molecule has 0 unspecified atom stereocenters. The third kappa shape index (κ3) is 6.40. The van der Waals surface area contributed by atoms with Crippen molar-refractivity contribution in [3.05, 3.63) is 35.9 Å². The Hall–Kier alpha value is -1.34. The standard InChI is InChI=1S/C12H15NO4S2/c1-18-19-8-10(11(14)15)13-12(16)17-7-9-5-3-2-4-6-9/h2-6,10H,7-8H2,1H3,(H,13,16)(H,14,15)/t10-/m0/s1. The van der Waals surface area contributed by atoms with Crippen molar-refractivity contribution in [1.29, 1.82) is 0 Å². The summed E-state index contributed by atoms with van der Waals surface area (Å²) >= 11 is 0. The van der Waals surface area contributed by atoms with Gasteiger partial charge in [-0.1, -0.05) is 51.9 Å². The van der Waals surface area contributed by atoms with Gasteiger partial charge in [0.2, 0.25) is 0 Å². The molecule has 1 atom stereocenters. The van der Waals surface area contributed by atoms with Crippen LogP contribution >= 0.6 is 21.6 Å². The molecular formula is C12H15NO4S2. The van der Waals surface area contributed by atoms with E-state index in [1.807, 2.05) is 36.6 Å². The number of hydrogen-bond donors (Lipinski definition) is 2. The van der Waals surface area contributed by atoms with Crippen LogP contribution in [0.3, 0.4) is 0 Å². The molecule has 0 saturated heterocycles. The topological polar surface area (TPSA) is 75.6 Å². The van der Waals surface area contributed by atoms with E-state index in [2.05, 4.69) is 5.32 Å². The number of nitrogens with one attached hydrogen (secondary N) is 1. The number of carboxylic acid groups (broad SMARTS) is 1. The Morgan fingerprint density at radius 1 is 1.37 bits per heavy atom. The first-order chi connectivity index (χ1) is 9.13. The maximum absolute atomic E-state index is 11.5. The smallest absolute Gasteiger partial charge is 0.408 e. The Morgan fingerprint density at radius 3 is 2.63 bits per heavy atom. The average Bonchev–Trinajstić information content (AvgIpc) is 2.42. The second-order valence-corrected chi connectivity index (χ2v) is 6.16. The van der Waals surface area contributed by atoms with Crippen LogP contribution in [0.4, 0.5) is 4.79 Å². The quantitative estimate of drug-likeness (QED) is 0.753. The van der Waals surface area contributed by atoms with Crippen LogP contribution < -0.4 is 5.32 Å². The van der Waals surface area contributed by atoms with Gasteiger partial charge in [0.25, 0.3) is 0 Å². The van der Waals surface area contributed by atoms with Gasteiger partial charge in [-0.15, -0.1) is 0 Å². The molecule has 1 rings (SSSR count). The van der Waals surface area contributed by atoms with Gasteiger partial charge < -0.3 is 15.2 Å². The molecule has 0 bridgehead atoms. The van der Waals surface area contributed by atoms with Gasteiger partial charge >= 0.3 is 12.1 Å². The van der Waals surface area contributed by atoms with Crippen molar-refractivity contribution in [3.8, 4) is 0 Å². The SMILES string of the molecule is CSSC[C@H](NC(=O)OCc1ccccc1)C(=O)O. The molecule has 0 fully saturated rings. The second-order valence-electron chi connectivity index (χ2n) is 3.55. The largest absolute Gasteiger partial charge is 0.480 e. The highest BCUT2D eigenvalue weighted by atomic mass is 33.1. The van der Waals surface area contributed by atoms with E-state index in [1.165, 1.54) is 21.6 Å². The van der Waals surface area contributed by atoms with E-state index in [-0.39, 0.29) is 12.4 Å². The van der Waals surface area contributed by atoms with Gasteiger partial charge in [0, 0.05) is 5.75 Å². The lowest BCUT2D eigenvalue weighted by atomic mass is 10.2. The Morgan fingerprint density at radius 2 is 2.05 bits per heavy atom. The predicted octanol–water partition coefficient (Wildman–Crippen LogP) is 2.38. The predicted molar refractivity (Wildman–Crippen MR) is 77.2 cm³/mol. The van der Waals surface area contributed by atoms with Crippen molar-refractivity contribution in [2.75, 3.05) is 12.0 Å². The summed E-state index contributed by atoms with van der Waals surface area (Å²) in [5, 5.41) is 11.3. The molecule has 0 aromatic heterocycles. The van der Waals surface area contributed by atoms with E-state index in [0.29, 0.717) is 0 Å². The monoisotopic (exact) mass is 301 g/mol. The van der Waals surface area contributed by atoms with E-state index in [0.717, 1.165) is 5.56 Å². The number of alkyl carbamates (subject to hydrolysis) is 1. The minimum atomic E-state index is -1.07. The minimum Gasteiger partial charge on any atom is -0.480 e. The van der Waals surface area contributed by atoms with E-state index in [1.54, 1.807) is 0 Å². The van der Waals surface area contributed by atoms with Gasteiger partial charge in [-0.05, 0) is 11.8 Å². The van der Waals surface area contributed by atoms with Gasteiger partial charge in [-0.3, -0.25) is 0 Å². The molecule has 1 aromatic rings. The fraction of sp³-hybridized carbons (Fsp3) is 0.333. The zero-order chi connectivity index (χ0) is 14.1.